The van der Waals surface area contributed by atoms with E-state index >= 15 is 0 Å². The van der Waals surface area contributed by atoms with Gasteiger partial charge >= 0.3 is 0 Å². The molecule has 1 aromatic rings. The molecule has 0 heterocycles. The lowest BCUT2D eigenvalue weighted by atomic mass is 9.89. The predicted octanol–water partition coefficient (Wildman–Crippen LogP) is 3.12. The van der Waals surface area contributed by atoms with Crippen LogP contribution in [0.5, 0.6) is 5.75 Å². The van der Waals surface area contributed by atoms with Crippen molar-refractivity contribution >= 4 is 0 Å². The first-order chi connectivity index (χ1) is 9.28. The summed E-state index contributed by atoms with van der Waals surface area (Å²) in [4.78, 5) is 0. The molecular weight excluding hydrogens is 238 g/mol. The van der Waals surface area contributed by atoms with E-state index in [0.29, 0.717) is 25.9 Å². The van der Waals surface area contributed by atoms with E-state index in [1.807, 2.05) is 24.3 Å². The van der Waals surface area contributed by atoms with Crippen LogP contribution in [0.2, 0.25) is 0 Å². The fourth-order valence-electron chi connectivity index (χ4n) is 2.49. The van der Waals surface area contributed by atoms with Crippen LogP contribution in [-0.2, 0) is 11.3 Å². The van der Waals surface area contributed by atoms with Gasteiger partial charge in [0.2, 0.25) is 0 Å². The predicted molar refractivity (Wildman–Crippen MR) is 77.2 cm³/mol. The van der Waals surface area contributed by atoms with E-state index in [4.69, 9.17) is 15.2 Å². The van der Waals surface area contributed by atoms with Crippen LogP contribution < -0.4 is 10.5 Å². The maximum absolute atomic E-state index is 5.85. The van der Waals surface area contributed by atoms with Crippen molar-refractivity contribution in [1.82, 2.24) is 0 Å². The molecule has 0 saturated heterocycles. The van der Waals surface area contributed by atoms with Gasteiger partial charge in [0, 0.05) is 6.54 Å². The van der Waals surface area contributed by atoms with Crippen LogP contribution in [0, 0.1) is 5.92 Å². The molecule has 0 aromatic heterocycles. The highest BCUT2D eigenvalue weighted by atomic mass is 16.5. The summed E-state index contributed by atoms with van der Waals surface area (Å²) >= 11 is 0. The average molecular weight is 263 g/mol. The van der Waals surface area contributed by atoms with Gasteiger partial charge in [-0.3, -0.25) is 0 Å². The SMILES string of the molecule is CC1CCC(OCCOc2ccc(CN)cc2)CC1. The highest BCUT2D eigenvalue weighted by Crippen LogP contribution is 2.25. The third-order valence-electron chi connectivity index (χ3n) is 3.83. The second-order valence-corrected chi connectivity index (χ2v) is 5.45. The van der Waals surface area contributed by atoms with Gasteiger partial charge in [0.25, 0.3) is 0 Å². The van der Waals surface area contributed by atoms with Crippen molar-refractivity contribution in [2.45, 2.75) is 45.3 Å². The van der Waals surface area contributed by atoms with Gasteiger partial charge in [-0.2, -0.15) is 0 Å². The molecule has 1 saturated carbocycles. The summed E-state index contributed by atoms with van der Waals surface area (Å²) in [5.41, 5.74) is 6.68. The molecule has 1 aliphatic carbocycles. The molecule has 1 fully saturated rings. The molecule has 2 rings (SSSR count). The van der Waals surface area contributed by atoms with E-state index in [-0.39, 0.29) is 0 Å². The molecule has 1 aliphatic rings. The molecule has 0 spiro atoms. The van der Waals surface area contributed by atoms with Crippen LogP contribution in [0.4, 0.5) is 0 Å². The molecule has 0 aliphatic heterocycles. The number of nitrogens with two attached hydrogens (primary N) is 1. The van der Waals surface area contributed by atoms with Crippen LogP contribution in [0.1, 0.15) is 38.2 Å². The maximum atomic E-state index is 5.85. The van der Waals surface area contributed by atoms with Crippen LogP contribution in [-0.4, -0.2) is 19.3 Å². The van der Waals surface area contributed by atoms with Gasteiger partial charge in [0.1, 0.15) is 12.4 Å². The Hall–Kier alpha value is -1.06. The van der Waals surface area contributed by atoms with Crippen molar-refractivity contribution in [3.63, 3.8) is 0 Å². The molecule has 0 radical (unpaired) electrons. The minimum atomic E-state index is 0.444. The molecular formula is C16H25NO2. The van der Waals surface area contributed by atoms with Gasteiger partial charge in [0.15, 0.2) is 0 Å². The summed E-state index contributed by atoms with van der Waals surface area (Å²) < 4.78 is 11.5. The first-order valence-electron chi connectivity index (χ1n) is 7.31. The van der Waals surface area contributed by atoms with Gasteiger partial charge in [-0.05, 0) is 49.3 Å². The normalized spacial score (nSPS) is 23.3. The van der Waals surface area contributed by atoms with Gasteiger partial charge in [-0.25, -0.2) is 0 Å². The molecule has 0 unspecified atom stereocenters. The zero-order valence-corrected chi connectivity index (χ0v) is 11.8. The second-order valence-electron chi connectivity index (χ2n) is 5.45. The van der Waals surface area contributed by atoms with E-state index in [2.05, 4.69) is 6.92 Å². The lowest BCUT2D eigenvalue weighted by Crippen LogP contribution is -2.22. The average Bonchev–Trinajstić information content (AvgIpc) is 2.46. The lowest BCUT2D eigenvalue weighted by molar-refractivity contribution is 0.00570. The smallest absolute Gasteiger partial charge is 0.119 e. The Morgan fingerprint density at radius 2 is 1.74 bits per heavy atom. The topological polar surface area (TPSA) is 44.5 Å². The largest absolute Gasteiger partial charge is 0.491 e. The fraction of sp³-hybridized carbons (Fsp3) is 0.625. The Morgan fingerprint density at radius 1 is 1.05 bits per heavy atom. The van der Waals surface area contributed by atoms with E-state index in [0.717, 1.165) is 17.2 Å². The van der Waals surface area contributed by atoms with E-state index in [1.165, 1.54) is 25.7 Å². The van der Waals surface area contributed by atoms with Gasteiger partial charge in [-0.15, -0.1) is 0 Å². The molecule has 19 heavy (non-hydrogen) atoms. The number of hydrogen-bond acceptors (Lipinski definition) is 3. The number of benzene rings is 1. The van der Waals surface area contributed by atoms with Gasteiger partial charge in [-0.1, -0.05) is 19.1 Å². The maximum Gasteiger partial charge on any atom is 0.119 e. The lowest BCUT2D eigenvalue weighted by Gasteiger charge is -2.26. The summed E-state index contributed by atoms with van der Waals surface area (Å²) in [5.74, 6) is 1.76. The molecule has 106 valence electrons. The highest BCUT2D eigenvalue weighted by Gasteiger charge is 2.18. The van der Waals surface area contributed by atoms with Gasteiger partial charge < -0.3 is 15.2 Å². The molecule has 3 heteroatoms. The first-order valence-corrected chi connectivity index (χ1v) is 7.31. The van der Waals surface area contributed by atoms with Crippen LogP contribution in [0.15, 0.2) is 24.3 Å². The van der Waals surface area contributed by atoms with Crippen LogP contribution in [0.3, 0.4) is 0 Å². The second kappa shape index (κ2) is 7.51. The third kappa shape index (κ3) is 4.84. The zero-order chi connectivity index (χ0) is 13.5. The van der Waals surface area contributed by atoms with Crippen molar-refractivity contribution in [3.05, 3.63) is 29.8 Å². The summed E-state index contributed by atoms with van der Waals surface area (Å²) in [5, 5.41) is 0. The minimum absolute atomic E-state index is 0.444. The molecule has 0 atom stereocenters. The van der Waals surface area contributed by atoms with E-state index in [9.17, 15) is 0 Å². The summed E-state index contributed by atoms with van der Waals surface area (Å²) in [6, 6.07) is 7.92. The fourth-order valence-corrected chi connectivity index (χ4v) is 2.49. The molecule has 0 amide bonds. The number of hydrogen-bond donors (Lipinski definition) is 1. The Balaban J connectivity index is 1.61. The Bertz CT molecular complexity index is 356. The third-order valence-corrected chi connectivity index (χ3v) is 3.83. The zero-order valence-electron chi connectivity index (χ0n) is 11.8. The van der Waals surface area contributed by atoms with Crippen molar-refractivity contribution in [2.24, 2.45) is 11.7 Å². The first kappa shape index (κ1) is 14.4. The van der Waals surface area contributed by atoms with Crippen molar-refractivity contribution in [1.29, 1.82) is 0 Å². The standard InChI is InChI=1S/C16H25NO2/c1-13-2-6-15(7-3-13)18-10-11-19-16-8-4-14(12-17)5-9-16/h4-5,8-9,13,15H,2-3,6-7,10-12,17H2,1H3. The van der Waals surface area contributed by atoms with Crippen molar-refractivity contribution < 1.29 is 9.47 Å². The molecule has 1 aromatic carbocycles. The van der Waals surface area contributed by atoms with E-state index < -0.39 is 0 Å². The quantitative estimate of drug-likeness (QED) is 0.802. The molecule has 0 bridgehead atoms. The molecule has 3 nitrogen and oxygen atoms in total. The molecule has 2 N–H and O–H groups in total. The minimum Gasteiger partial charge on any atom is -0.491 e. The van der Waals surface area contributed by atoms with Crippen molar-refractivity contribution in [3.8, 4) is 5.75 Å². The van der Waals surface area contributed by atoms with Crippen molar-refractivity contribution in [2.75, 3.05) is 13.2 Å². The number of ether oxygens (including phenoxy) is 2. The Morgan fingerprint density at radius 3 is 2.37 bits per heavy atom. The van der Waals surface area contributed by atoms with E-state index in [1.54, 1.807) is 0 Å². The Kier molecular flexibility index (Phi) is 5.67. The number of rotatable bonds is 6. The van der Waals surface area contributed by atoms with Gasteiger partial charge in [0.05, 0.1) is 12.7 Å². The summed E-state index contributed by atoms with van der Waals surface area (Å²) in [6.07, 6.45) is 5.44. The van der Waals surface area contributed by atoms with Crippen LogP contribution >= 0.6 is 0 Å². The van der Waals surface area contributed by atoms with Crippen LogP contribution in [0.25, 0.3) is 0 Å². The summed E-state index contributed by atoms with van der Waals surface area (Å²) in [7, 11) is 0. The highest BCUT2D eigenvalue weighted by molar-refractivity contribution is 5.26. The Labute approximate surface area is 116 Å². The monoisotopic (exact) mass is 263 g/mol. The summed E-state index contributed by atoms with van der Waals surface area (Å²) in [6.45, 7) is 4.19.